The van der Waals surface area contributed by atoms with E-state index in [0.29, 0.717) is 5.56 Å². The summed E-state index contributed by atoms with van der Waals surface area (Å²) in [5.74, 6) is -1.16. The van der Waals surface area contributed by atoms with Crippen LogP contribution in [0.1, 0.15) is 31.9 Å². The van der Waals surface area contributed by atoms with Gasteiger partial charge in [0, 0.05) is 5.41 Å². The molecule has 1 aliphatic rings. The number of halogens is 4. The van der Waals surface area contributed by atoms with Gasteiger partial charge in [0.1, 0.15) is 5.03 Å². The van der Waals surface area contributed by atoms with Crippen molar-refractivity contribution < 1.29 is 23.1 Å². The van der Waals surface area contributed by atoms with Crippen LogP contribution >= 0.6 is 11.6 Å². The molecular formula is C23H22ClF3O2. The molecule has 0 bridgehead atoms. The zero-order chi connectivity index (χ0) is 21.8. The predicted octanol–water partition coefficient (Wildman–Crippen LogP) is 6.72. The largest absolute Gasteiger partial charge is 0.481 e. The molecule has 0 heterocycles. The lowest BCUT2D eigenvalue weighted by atomic mass is 9.80. The number of aliphatic carboxylic acids is 1. The zero-order valence-corrected chi connectivity index (χ0v) is 17.3. The Hall–Kier alpha value is -2.27. The summed E-state index contributed by atoms with van der Waals surface area (Å²) in [5.41, 5.74) is -0.829. The maximum atomic E-state index is 13.3. The lowest BCUT2D eigenvalue weighted by Gasteiger charge is -2.24. The van der Waals surface area contributed by atoms with Crippen LogP contribution in [0.5, 0.6) is 0 Å². The molecule has 2 aromatic carbocycles. The smallest absolute Gasteiger partial charge is 0.426 e. The molecule has 0 aliphatic heterocycles. The molecule has 154 valence electrons. The summed E-state index contributed by atoms with van der Waals surface area (Å²) in [4.78, 5) is 12.2. The third kappa shape index (κ3) is 2.82. The number of carboxylic acid groups (broad SMARTS) is 1. The first-order chi connectivity index (χ1) is 13.3. The number of hydrogen-bond acceptors (Lipinski definition) is 1. The highest BCUT2D eigenvalue weighted by molar-refractivity contribution is 6.30. The summed E-state index contributed by atoms with van der Waals surface area (Å²) in [6, 6.07) is 14.8. The van der Waals surface area contributed by atoms with Crippen molar-refractivity contribution in [2.24, 2.45) is 10.8 Å². The molecule has 3 rings (SSSR count). The third-order valence-corrected chi connectivity index (χ3v) is 7.17. The summed E-state index contributed by atoms with van der Waals surface area (Å²) in [6.07, 6.45) is -3.85. The Bertz CT molecular complexity index is 995. The first-order valence-electron chi connectivity index (χ1n) is 9.17. The third-order valence-electron chi connectivity index (χ3n) is 6.85. The van der Waals surface area contributed by atoms with E-state index < -0.39 is 33.4 Å². The van der Waals surface area contributed by atoms with Crippen molar-refractivity contribution in [2.45, 2.75) is 39.3 Å². The average molecular weight is 423 g/mol. The van der Waals surface area contributed by atoms with Gasteiger partial charge >= 0.3 is 12.1 Å². The standard InChI is InChI=1S/C23H22ClF3O2/c1-14-16(15-9-6-5-7-10-15)11-8-12-17(14)22(13-18(24)23(25,26)27)20(2,3)21(22,4)19(28)29/h5-13H,1-4H3,(H,28,29)/b18-13-. The molecule has 1 saturated carbocycles. The minimum atomic E-state index is -4.75. The lowest BCUT2D eigenvalue weighted by Crippen LogP contribution is -2.24. The number of rotatable bonds is 4. The molecule has 2 nitrogen and oxygen atoms in total. The quantitative estimate of drug-likeness (QED) is 0.594. The predicted molar refractivity (Wildman–Crippen MR) is 108 cm³/mol. The van der Waals surface area contributed by atoms with Crippen LogP contribution in [0.3, 0.4) is 0 Å². The van der Waals surface area contributed by atoms with E-state index in [1.165, 1.54) is 6.92 Å². The van der Waals surface area contributed by atoms with Crippen molar-refractivity contribution in [1.82, 2.24) is 0 Å². The molecule has 1 fully saturated rings. The van der Waals surface area contributed by atoms with Gasteiger partial charge in [0.15, 0.2) is 0 Å². The maximum absolute atomic E-state index is 13.3. The number of hydrogen-bond donors (Lipinski definition) is 1. The van der Waals surface area contributed by atoms with Crippen LogP contribution in [0.4, 0.5) is 13.2 Å². The number of benzene rings is 2. The molecule has 0 aromatic heterocycles. The van der Waals surface area contributed by atoms with Crippen molar-refractivity contribution in [2.75, 3.05) is 0 Å². The van der Waals surface area contributed by atoms with Gasteiger partial charge in [0.25, 0.3) is 0 Å². The van der Waals surface area contributed by atoms with E-state index in [1.807, 2.05) is 43.3 Å². The van der Waals surface area contributed by atoms with Crippen LogP contribution in [0.2, 0.25) is 0 Å². The van der Waals surface area contributed by atoms with Crippen LogP contribution in [-0.4, -0.2) is 17.3 Å². The molecule has 2 unspecified atom stereocenters. The Balaban J connectivity index is 2.33. The number of carboxylic acids is 1. The Labute approximate surface area is 173 Å². The molecule has 0 spiro atoms. The molecule has 2 aromatic rings. The summed E-state index contributed by atoms with van der Waals surface area (Å²) in [6.45, 7) is 6.64. The normalized spacial score (nSPS) is 26.3. The fourth-order valence-electron chi connectivity index (χ4n) is 4.84. The van der Waals surface area contributed by atoms with Gasteiger partial charge in [-0.1, -0.05) is 74.0 Å². The number of alkyl halides is 3. The topological polar surface area (TPSA) is 37.3 Å². The Kier molecular flexibility index (Phi) is 4.90. The minimum absolute atomic E-state index is 0.538. The van der Waals surface area contributed by atoms with Crippen molar-refractivity contribution in [1.29, 1.82) is 0 Å². The summed E-state index contributed by atoms with van der Waals surface area (Å²) in [5, 5.41) is 8.68. The van der Waals surface area contributed by atoms with Gasteiger partial charge < -0.3 is 5.11 Å². The van der Waals surface area contributed by atoms with Crippen molar-refractivity contribution in [3.05, 3.63) is 70.8 Å². The molecular weight excluding hydrogens is 401 g/mol. The van der Waals surface area contributed by atoms with Crippen LogP contribution in [-0.2, 0) is 10.2 Å². The zero-order valence-electron chi connectivity index (χ0n) is 16.6. The van der Waals surface area contributed by atoms with E-state index in [9.17, 15) is 23.1 Å². The average Bonchev–Trinajstić information content (AvgIpc) is 3.04. The van der Waals surface area contributed by atoms with Gasteiger partial charge in [-0.15, -0.1) is 0 Å². The molecule has 1 N–H and O–H groups in total. The van der Waals surface area contributed by atoms with E-state index in [0.717, 1.165) is 22.8 Å². The fourth-order valence-corrected chi connectivity index (χ4v) is 5.01. The second-order valence-corrected chi connectivity index (χ2v) is 8.60. The van der Waals surface area contributed by atoms with E-state index in [-0.39, 0.29) is 0 Å². The second kappa shape index (κ2) is 6.63. The molecule has 1 aliphatic carbocycles. The van der Waals surface area contributed by atoms with Gasteiger partial charge in [0.2, 0.25) is 0 Å². The van der Waals surface area contributed by atoms with Crippen LogP contribution in [0.25, 0.3) is 11.1 Å². The van der Waals surface area contributed by atoms with Gasteiger partial charge in [-0.3, -0.25) is 4.79 Å². The van der Waals surface area contributed by atoms with E-state index in [4.69, 9.17) is 11.6 Å². The van der Waals surface area contributed by atoms with Gasteiger partial charge in [-0.2, -0.15) is 13.2 Å². The lowest BCUT2D eigenvalue weighted by molar-refractivity contribution is -0.144. The molecule has 0 saturated heterocycles. The first kappa shape index (κ1) is 21.4. The molecule has 0 amide bonds. The van der Waals surface area contributed by atoms with E-state index in [1.54, 1.807) is 26.0 Å². The fraction of sp³-hybridized carbons (Fsp3) is 0.348. The van der Waals surface area contributed by atoms with Crippen LogP contribution in [0, 0.1) is 17.8 Å². The minimum Gasteiger partial charge on any atom is -0.481 e. The van der Waals surface area contributed by atoms with Crippen molar-refractivity contribution >= 4 is 17.6 Å². The highest BCUT2D eigenvalue weighted by Gasteiger charge is 2.83. The van der Waals surface area contributed by atoms with Crippen LogP contribution in [0.15, 0.2) is 59.6 Å². The van der Waals surface area contributed by atoms with Crippen LogP contribution < -0.4 is 0 Å². The number of carbonyl (C=O) groups is 1. The molecule has 29 heavy (non-hydrogen) atoms. The van der Waals surface area contributed by atoms with Gasteiger partial charge in [-0.25, -0.2) is 0 Å². The monoisotopic (exact) mass is 422 g/mol. The Morgan fingerprint density at radius 1 is 1.03 bits per heavy atom. The van der Waals surface area contributed by atoms with E-state index >= 15 is 0 Å². The summed E-state index contributed by atoms with van der Waals surface area (Å²) >= 11 is 5.64. The van der Waals surface area contributed by atoms with Crippen molar-refractivity contribution in [3.63, 3.8) is 0 Å². The van der Waals surface area contributed by atoms with Gasteiger partial charge in [0.05, 0.1) is 5.41 Å². The maximum Gasteiger partial charge on any atom is 0.426 e. The highest BCUT2D eigenvalue weighted by atomic mass is 35.5. The first-order valence-corrected chi connectivity index (χ1v) is 9.54. The Morgan fingerprint density at radius 3 is 2.10 bits per heavy atom. The highest BCUT2D eigenvalue weighted by Crippen LogP contribution is 2.80. The molecule has 6 heteroatoms. The molecule has 0 radical (unpaired) electrons. The second-order valence-electron chi connectivity index (χ2n) is 8.20. The summed E-state index contributed by atoms with van der Waals surface area (Å²) in [7, 11) is 0. The number of allylic oxidation sites excluding steroid dienone is 2. The van der Waals surface area contributed by atoms with Crippen molar-refractivity contribution in [3.8, 4) is 11.1 Å². The molecule has 2 atom stereocenters. The Morgan fingerprint density at radius 2 is 1.62 bits per heavy atom. The van der Waals surface area contributed by atoms with E-state index in [2.05, 4.69) is 0 Å². The SMILES string of the molecule is Cc1c(-c2ccccc2)cccc1C1(/C=C(\Cl)C(F)(F)F)C(C)(C)C1(C)C(=O)O. The van der Waals surface area contributed by atoms with Gasteiger partial charge in [-0.05, 0) is 47.6 Å². The summed E-state index contributed by atoms with van der Waals surface area (Å²) < 4.78 is 40.0.